The predicted molar refractivity (Wildman–Crippen MR) is 80.6 cm³/mol. The van der Waals surface area contributed by atoms with Crippen LogP contribution in [0.5, 0.6) is 5.75 Å². The number of likely N-dealkylation sites (N-methyl/N-ethyl adjacent to an activating group) is 1. The minimum Gasteiger partial charge on any atom is -0.496 e. The van der Waals surface area contributed by atoms with E-state index in [0.29, 0.717) is 6.54 Å². The molecule has 0 fully saturated rings. The Morgan fingerprint density at radius 3 is 2.60 bits per heavy atom. The van der Waals surface area contributed by atoms with E-state index in [-0.39, 0.29) is 24.4 Å². The van der Waals surface area contributed by atoms with Crippen molar-refractivity contribution in [3.05, 3.63) is 29.8 Å². The van der Waals surface area contributed by atoms with Crippen LogP contribution in [-0.2, 0) is 11.2 Å². The maximum Gasteiger partial charge on any atom is 0.219 e. The molecule has 2 atom stereocenters. The maximum atomic E-state index is 11.1. The highest BCUT2D eigenvalue weighted by Crippen LogP contribution is 2.21. The number of nitrogens with zero attached hydrogens (tertiary/aromatic N) is 1. The fraction of sp³-hybridized carbons (Fsp3) is 0.533. The second kappa shape index (κ2) is 7.87. The van der Waals surface area contributed by atoms with Crippen LogP contribution in [0, 0.1) is 0 Å². The lowest BCUT2D eigenvalue weighted by atomic mass is 10.0. The van der Waals surface area contributed by atoms with Gasteiger partial charge < -0.3 is 16.2 Å². The Labute approximate surface area is 120 Å². The molecule has 0 saturated heterocycles. The number of ether oxygens (including phenoxy) is 1. The first kappa shape index (κ1) is 16.5. The van der Waals surface area contributed by atoms with Crippen molar-refractivity contribution in [2.45, 2.75) is 31.8 Å². The Morgan fingerprint density at radius 1 is 1.40 bits per heavy atom. The zero-order valence-electron chi connectivity index (χ0n) is 12.5. The van der Waals surface area contributed by atoms with Crippen molar-refractivity contribution >= 4 is 5.91 Å². The van der Waals surface area contributed by atoms with Crippen molar-refractivity contribution in [3.8, 4) is 5.75 Å². The number of hydrogen-bond donors (Lipinski definition) is 2. The molecule has 20 heavy (non-hydrogen) atoms. The van der Waals surface area contributed by atoms with Gasteiger partial charge in [0.25, 0.3) is 0 Å². The molecular formula is C15H25N3O2. The van der Waals surface area contributed by atoms with Crippen molar-refractivity contribution in [2.24, 2.45) is 11.5 Å². The van der Waals surface area contributed by atoms with Gasteiger partial charge in [0, 0.05) is 25.0 Å². The first-order valence-electron chi connectivity index (χ1n) is 6.81. The van der Waals surface area contributed by atoms with E-state index in [9.17, 15) is 4.79 Å². The maximum absolute atomic E-state index is 11.1. The molecule has 0 aliphatic heterocycles. The lowest BCUT2D eigenvalue weighted by Gasteiger charge is -2.32. The number of primary amides is 1. The Bertz CT molecular complexity index is 437. The number of nitrogens with two attached hydrogens (primary N) is 2. The molecule has 0 radical (unpaired) electrons. The van der Waals surface area contributed by atoms with Gasteiger partial charge in [-0.3, -0.25) is 9.69 Å². The van der Waals surface area contributed by atoms with Gasteiger partial charge in [0.05, 0.1) is 7.11 Å². The van der Waals surface area contributed by atoms with Crippen molar-refractivity contribution in [2.75, 3.05) is 20.7 Å². The highest BCUT2D eigenvalue weighted by atomic mass is 16.5. The van der Waals surface area contributed by atoms with Gasteiger partial charge in [0.15, 0.2) is 0 Å². The van der Waals surface area contributed by atoms with Crippen LogP contribution >= 0.6 is 0 Å². The number of hydrogen-bond acceptors (Lipinski definition) is 4. The molecule has 1 aromatic rings. The molecule has 1 aromatic carbocycles. The molecule has 0 heterocycles. The minimum atomic E-state index is -0.322. The molecule has 2 unspecified atom stereocenters. The van der Waals surface area contributed by atoms with Crippen LogP contribution in [0.1, 0.15) is 18.9 Å². The fourth-order valence-electron chi connectivity index (χ4n) is 2.32. The van der Waals surface area contributed by atoms with E-state index < -0.39 is 0 Å². The average Bonchev–Trinajstić information content (AvgIpc) is 2.44. The van der Waals surface area contributed by atoms with Crippen LogP contribution < -0.4 is 16.2 Å². The van der Waals surface area contributed by atoms with Crippen LogP contribution in [0.15, 0.2) is 24.3 Å². The van der Waals surface area contributed by atoms with Gasteiger partial charge in [-0.2, -0.15) is 0 Å². The van der Waals surface area contributed by atoms with E-state index in [1.54, 1.807) is 7.11 Å². The monoisotopic (exact) mass is 279 g/mol. The van der Waals surface area contributed by atoms with E-state index in [0.717, 1.165) is 17.7 Å². The molecule has 5 nitrogen and oxygen atoms in total. The topological polar surface area (TPSA) is 81.6 Å². The molecule has 4 N–H and O–H groups in total. The smallest absolute Gasteiger partial charge is 0.219 e. The standard InChI is InChI=1S/C15H25N3O2/c1-11(18(2)13(10-16)9-15(17)19)8-12-6-4-5-7-14(12)20-3/h4-7,11,13H,8-10,16H2,1-3H3,(H2,17,19). The molecule has 1 rings (SSSR count). The number of para-hydroxylation sites is 1. The Kier molecular flexibility index (Phi) is 6.48. The Morgan fingerprint density at radius 2 is 2.05 bits per heavy atom. The van der Waals surface area contributed by atoms with Gasteiger partial charge in [-0.15, -0.1) is 0 Å². The quantitative estimate of drug-likeness (QED) is 0.736. The summed E-state index contributed by atoms with van der Waals surface area (Å²) in [6, 6.07) is 8.15. The lowest BCUT2D eigenvalue weighted by Crippen LogP contribution is -2.45. The van der Waals surface area contributed by atoms with Crippen LogP contribution in [0.2, 0.25) is 0 Å². The normalized spacial score (nSPS) is 14.1. The molecule has 0 bridgehead atoms. The third-order valence-electron chi connectivity index (χ3n) is 3.69. The van der Waals surface area contributed by atoms with Gasteiger partial charge in [-0.05, 0) is 32.0 Å². The van der Waals surface area contributed by atoms with Gasteiger partial charge in [0.2, 0.25) is 5.91 Å². The first-order valence-corrected chi connectivity index (χ1v) is 6.81. The third-order valence-corrected chi connectivity index (χ3v) is 3.69. The van der Waals surface area contributed by atoms with Gasteiger partial charge in [0.1, 0.15) is 5.75 Å². The lowest BCUT2D eigenvalue weighted by molar-refractivity contribution is -0.119. The number of benzene rings is 1. The predicted octanol–water partition coefficient (Wildman–Crippen LogP) is 0.761. The SMILES string of the molecule is COc1ccccc1CC(C)N(C)C(CN)CC(N)=O. The summed E-state index contributed by atoms with van der Waals surface area (Å²) in [6.45, 7) is 2.52. The van der Waals surface area contributed by atoms with E-state index in [2.05, 4.69) is 17.9 Å². The summed E-state index contributed by atoms with van der Waals surface area (Å²) in [6.07, 6.45) is 1.11. The largest absolute Gasteiger partial charge is 0.496 e. The first-order chi connectivity index (χ1) is 9.49. The summed E-state index contributed by atoms with van der Waals surface area (Å²) in [7, 11) is 3.64. The molecule has 0 aliphatic carbocycles. The second-order valence-electron chi connectivity index (χ2n) is 5.09. The molecule has 1 amide bonds. The molecule has 0 aromatic heterocycles. The van der Waals surface area contributed by atoms with Crippen LogP contribution in [0.25, 0.3) is 0 Å². The Balaban J connectivity index is 2.73. The van der Waals surface area contributed by atoms with Gasteiger partial charge in [-0.1, -0.05) is 18.2 Å². The number of methoxy groups -OCH3 is 1. The number of rotatable bonds is 8. The summed E-state index contributed by atoms with van der Waals surface area (Å²) >= 11 is 0. The van der Waals surface area contributed by atoms with Gasteiger partial charge >= 0.3 is 0 Å². The average molecular weight is 279 g/mol. The summed E-state index contributed by atoms with van der Waals surface area (Å²) < 4.78 is 5.36. The van der Waals surface area contributed by atoms with Gasteiger partial charge in [-0.25, -0.2) is 0 Å². The fourth-order valence-corrected chi connectivity index (χ4v) is 2.32. The van der Waals surface area contributed by atoms with Crippen molar-refractivity contribution in [1.29, 1.82) is 0 Å². The highest BCUT2D eigenvalue weighted by molar-refractivity contribution is 5.74. The molecule has 5 heteroatoms. The van der Waals surface area contributed by atoms with E-state index >= 15 is 0 Å². The van der Waals surface area contributed by atoms with Crippen molar-refractivity contribution in [3.63, 3.8) is 0 Å². The molecule has 0 spiro atoms. The third kappa shape index (κ3) is 4.51. The zero-order chi connectivity index (χ0) is 15.1. The molecular weight excluding hydrogens is 254 g/mol. The summed E-state index contributed by atoms with van der Waals surface area (Å²) in [5.74, 6) is 0.559. The Hall–Kier alpha value is -1.59. The minimum absolute atomic E-state index is 0.0304. The number of carbonyl (C=O) groups excluding carboxylic acids is 1. The van der Waals surface area contributed by atoms with Crippen molar-refractivity contribution in [1.82, 2.24) is 4.90 Å². The second-order valence-corrected chi connectivity index (χ2v) is 5.09. The number of amides is 1. The number of carbonyl (C=O) groups is 1. The molecule has 0 saturated carbocycles. The zero-order valence-corrected chi connectivity index (χ0v) is 12.5. The summed E-state index contributed by atoms with van der Waals surface area (Å²) in [5.41, 5.74) is 12.1. The molecule has 0 aliphatic rings. The summed E-state index contributed by atoms with van der Waals surface area (Å²) in [5, 5.41) is 0. The van der Waals surface area contributed by atoms with Crippen LogP contribution in [-0.4, -0.2) is 43.6 Å². The van der Waals surface area contributed by atoms with Crippen LogP contribution in [0.4, 0.5) is 0 Å². The van der Waals surface area contributed by atoms with E-state index in [1.165, 1.54) is 0 Å². The van der Waals surface area contributed by atoms with Crippen LogP contribution in [0.3, 0.4) is 0 Å². The van der Waals surface area contributed by atoms with E-state index in [1.807, 2.05) is 25.2 Å². The highest BCUT2D eigenvalue weighted by Gasteiger charge is 2.21. The molecule has 112 valence electrons. The summed E-state index contributed by atoms with van der Waals surface area (Å²) in [4.78, 5) is 13.2. The van der Waals surface area contributed by atoms with Crippen molar-refractivity contribution < 1.29 is 9.53 Å². The van der Waals surface area contributed by atoms with E-state index in [4.69, 9.17) is 16.2 Å².